The van der Waals surface area contributed by atoms with Gasteiger partial charge in [0.1, 0.15) is 0 Å². The first-order valence-corrected chi connectivity index (χ1v) is 7.21. The van der Waals surface area contributed by atoms with Crippen molar-refractivity contribution < 1.29 is 0 Å². The lowest BCUT2D eigenvalue weighted by atomic mass is 10.3. The smallest absolute Gasteiger partial charge is 0.0704 e. The molecular formula is C14H9NS2. The highest BCUT2D eigenvalue weighted by Gasteiger charge is 2.13. The van der Waals surface area contributed by atoms with Crippen LogP contribution >= 0.6 is 22.7 Å². The molecule has 0 spiro atoms. The van der Waals surface area contributed by atoms with E-state index in [9.17, 15) is 0 Å². The van der Waals surface area contributed by atoms with E-state index in [2.05, 4.69) is 57.8 Å². The molecule has 4 aromatic rings. The number of benzene rings is 1. The standard InChI is InChI=1S/C14H9NS2/c1-2-4-10(5-3-1)15-11-6-8-16-13(11)14-12(15)7-9-17-14/h1-9H. The van der Waals surface area contributed by atoms with Crippen LogP contribution in [0, 0.1) is 0 Å². The van der Waals surface area contributed by atoms with Crippen molar-refractivity contribution in [2.24, 2.45) is 0 Å². The van der Waals surface area contributed by atoms with Gasteiger partial charge in [0.15, 0.2) is 0 Å². The Labute approximate surface area is 107 Å². The van der Waals surface area contributed by atoms with Crippen molar-refractivity contribution in [1.29, 1.82) is 0 Å². The van der Waals surface area contributed by atoms with Crippen molar-refractivity contribution >= 4 is 43.1 Å². The first-order chi connectivity index (χ1) is 8.45. The van der Waals surface area contributed by atoms with Crippen LogP contribution in [0.2, 0.25) is 0 Å². The van der Waals surface area contributed by atoms with E-state index in [0.717, 1.165) is 0 Å². The fourth-order valence-corrected chi connectivity index (χ4v) is 4.22. The molecule has 0 N–H and O–H groups in total. The van der Waals surface area contributed by atoms with Crippen molar-refractivity contribution in [3.63, 3.8) is 0 Å². The lowest BCUT2D eigenvalue weighted by molar-refractivity contribution is 1.18. The van der Waals surface area contributed by atoms with E-state index in [1.165, 1.54) is 26.1 Å². The Morgan fingerprint density at radius 1 is 0.706 bits per heavy atom. The molecule has 0 aliphatic rings. The number of aromatic nitrogens is 1. The number of thiophene rings is 2. The van der Waals surface area contributed by atoms with Crippen LogP contribution in [0.1, 0.15) is 0 Å². The van der Waals surface area contributed by atoms with Crippen LogP contribution in [0.15, 0.2) is 53.2 Å². The quantitative estimate of drug-likeness (QED) is 0.455. The first kappa shape index (κ1) is 9.45. The molecule has 0 aliphatic heterocycles. The minimum Gasteiger partial charge on any atom is -0.307 e. The molecule has 0 atom stereocenters. The zero-order chi connectivity index (χ0) is 11.2. The molecule has 0 unspecified atom stereocenters. The molecule has 3 heterocycles. The van der Waals surface area contributed by atoms with Gasteiger partial charge in [0.2, 0.25) is 0 Å². The maximum Gasteiger partial charge on any atom is 0.0704 e. The summed E-state index contributed by atoms with van der Waals surface area (Å²) < 4.78 is 5.15. The van der Waals surface area contributed by atoms with Gasteiger partial charge in [-0.25, -0.2) is 0 Å². The molecule has 0 radical (unpaired) electrons. The van der Waals surface area contributed by atoms with Gasteiger partial charge in [-0.2, -0.15) is 0 Å². The molecule has 0 aliphatic carbocycles. The monoisotopic (exact) mass is 255 g/mol. The van der Waals surface area contributed by atoms with E-state index in [4.69, 9.17) is 0 Å². The summed E-state index contributed by atoms with van der Waals surface area (Å²) in [4.78, 5) is 0. The summed E-state index contributed by atoms with van der Waals surface area (Å²) in [5.41, 5.74) is 3.88. The average Bonchev–Trinajstić information content (AvgIpc) is 3.01. The van der Waals surface area contributed by atoms with Crippen molar-refractivity contribution in [2.75, 3.05) is 0 Å². The predicted octanol–water partition coefficient (Wildman–Crippen LogP) is 4.91. The van der Waals surface area contributed by atoms with Crippen LogP contribution in [0.4, 0.5) is 0 Å². The van der Waals surface area contributed by atoms with Crippen molar-refractivity contribution in [3.05, 3.63) is 53.2 Å². The van der Waals surface area contributed by atoms with Crippen LogP contribution in [0.25, 0.3) is 26.1 Å². The number of fused-ring (bicyclic) bond motifs is 3. The number of rotatable bonds is 1. The Balaban J connectivity index is 2.22. The molecule has 0 bridgehead atoms. The molecule has 0 amide bonds. The van der Waals surface area contributed by atoms with E-state index in [0.29, 0.717) is 0 Å². The summed E-state index contributed by atoms with van der Waals surface area (Å²) in [7, 11) is 0. The van der Waals surface area contributed by atoms with Crippen LogP contribution < -0.4 is 0 Å². The molecule has 4 rings (SSSR count). The second kappa shape index (κ2) is 3.45. The summed E-state index contributed by atoms with van der Waals surface area (Å²) in [5.74, 6) is 0. The Morgan fingerprint density at radius 2 is 1.29 bits per heavy atom. The summed E-state index contributed by atoms with van der Waals surface area (Å²) in [6, 6.07) is 15.0. The lowest BCUT2D eigenvalue weighted by Crippen LogP contribution is -1.90. The fourth-order valence-electron chi connectivity index (χ4n) is 2.28. The number of hydrogen-bond donors (Lipinski definition) is 0. The van der Waals surface area contributed by atoms with Crippen molar-refractivity contribution in [3.8, 4) is 5.69 Å². The Morgan fingerprint density at radius 3 is 1.88 bits per heavy atom. The topological polar surface area (TPSA) is 4.93 Å². The minimum atomic E-state index is 1.24. The molecular weight excluding hydrogens is 246 g/mol. The largest absolute Gasteiger partial charge is 0.307 e. The highest BCUT2D eigenvalue weighted by molar-refractivity contribution is 7.25. The van der Waals surface area contributed by atoms with Gasteiger partial charge >= 0.3 is 0 Å². The van der Waals surface area contributed by atoms with E-state index < -0.39 is 0 Å². The highest BCUT2D eigenvalue weighted by atomic mass is 32.1. The molecule has 1 nitrogen and oxygen atoms in total. The molecule has 3 heteroatoms. The predicted molar refractivity (Wildman–Crippen MR) is 76.5 cm³/mol. The van der Waals surface area contributed by atoms with Gasteiger partial charge in [0.05, 0.1) is 20.4 Å². The van der Waals surface area contributed by atoms with E-state index in [1.54, 1.807) is 0 Å². The maximum absolute atomic E-state index is 2.34. The summed E-state index contributed by atoms with van der Waals surface area (Å²) in [6.45, 7) is 0. The number of hydrogen-bond acceptors (Lipinski definition) is 2. The molecule has 17 heavy (non-hydrogen) atoms. The summed E-state index contributed by atoms with van der Waals surface area (Å²) in [6.07, 6.45) is 0. The Bertz CT molecular complexity index is 741. The lowest BCUT2D eigenvalue weighted by Gasteiger charge is -2.04. The maximum atomic E-state index is 2.34. The highest BCUT2D eigenvalue weighted by Crippen LogP contribution is 2.38. The van der Waals surface area contributed by atoms with Gasteiger partial charge < -0.3 is 4.57 Å². The zero-order valence-electron chi connectivity index (χ0n) is 8.96. The van der Waals surface area contributed by atoms with Crippen molar-refractivity contribution in [1.82, 2.24) is 4.57 Å². The van der Waals surface area contributed by atoms with E-state index in [-0.39, 0.29) is 0 Å². The van der Waals surface area contributed by atoms with Gasteiger partial charge in [-0.05, 0) is 35.0 Å². The molecule has 0 fully saturated rings. The summed E-state index contributed by atoms with van der Waals surface area (Å²) in [5, 5.41) is 4.34. The third-order valence-electron chi connectivity index (χ3n) is 2.99. The normalized spacial score (nSPS) is 11.5. The Hall–Kier alpha value is -1.58. The molecule has 3 aromatic heterocycles. The number of para-hydroxylation sites is 1. The van der Waals surface area contributed by atoms with E-state index in [1.807, 2.05) is 22.7 Å². The van der Waals surface area contributed by atoms with Crippen LogP contribution in [-0.2, 0) is 0 Å². The zero-order valence-corrected chi connectivity index (χ0v) is 10.6. The molecule has 82 valence electrons. The third-order valence-corrected chi connectivity index (χ3v) is 4.96. The molecule has 1 aromatic carbocycles. The van der Waals surface area contributed by atoms with Crippen molar-refractivity contribution in [2.45, 2.75) is 0 Å². The third kappa shape index (κ3) is 1.24. The molecule has 0 saturated heterocycles. The average molecular weight is 255 g/mol. The minimum absolute atomic E-state index is 1.24. The molecule has 0 saturated carbocycles. The first-order valence-electron chi connectivity index (χ1n) is 5.46. The van der Waals surface area contributed by atoms with Gasteiger partial charge in [-0.1, -0.05) is 18.2 Å². The van der Waals surface area contributed by atoms with Gasteiger partial charge in [-0.3, -0.25) is 0 Å². The van der Waals surface area contributed by atoms with E-state index >= 15 is 0 Å². The van der Waals surface area contributed by atoms with Gasteiger partial charge in [-0.15, -0.1) is 22.7 Å². The van der Waals surface area contributed by atoms with Gasteiger partial charge in [0.25, 0.3) is 0 Å². The second-order valence-corrected chi connectivity index (χ2v) is 5.77. The SMILES string of the molecule is c1ccc(-n2c3ccsc3c3sccc32)cc1. The van der Waals surface area contributed by atoms with Crippen LogP contribution in [-0.4, -0.2) is 4.57 Å². The van der Waals surface area contributed by atoms with Crippen LogP contribution in [0.3, 0.4) is 0 Å². The number of nitrogens with zero attached hydrogens (tertiary/aromatic N) is 1. The van der Waals surface area contributed by atoms with Gasteiger partial charge in [0, 0.05) is 5.69 Å². The fraction of sp³-hybridized carbons (Fsp3) is 0. The van der Waals surface area contributed by atoms with Crippen LogP contribution in [0.5, 0.6) is 0 Å². The second-order valence-electron chi connectivity index (χ2n) is 3.94. The Kier molecular flexibility index (Phi) is 1.92. The summed E-state index contributed by atoms with van der Waals surface area (Å²) >= 11 is 3.65.